The first kappa shape index (κ1) is 24.7. The lowest BCUT2D eigenvalue weighted by atomic mass is 10.0. The van der Waals surface area contributed by atoms with Crippen molar-refractivity contribution >= 4 is 50.7 Å². The van der Waals surface area contributed by atoms with E-state index in [2.05, 4.69) is 0 Å². The SMILES string of the molecule is Cc1sc2nc(SCC(=O)c3ccc4c(c3)OCCO4)n(-c3ccccc3)c(=O)c2c1-c1ccc(Cl)cc1. The number of aryl methyl sites for hydroxylation is 1. The summed E-state index contributed by atoms with van der Waals surface area (Å²) in [5.41, 5.74) is 2.80. The molecule has 1 aliphatic rings. The van der Waals surface area contributed by atoms with Crippen LogP contribution in [0.1, 0.15) is 15.2 Å². The molecule has 0 aliphatic carbocycles. The van der Waals surface area contributed by atoms with Gasteiger partial charge in [0.05, 0.1) is 16.8 Å². The predicted molar refractivity (Wildman–Crippen MR) is 153 cm³/mol. The molecule has 6 nitrogen and oxygen atoms in total. The lowest BCUT2D eigenvalue weighted by molar-refractivity contribution is 0.102. The van der Waals surface area contributed by atoms with Crippen molar-refractivity contribution in [2.24, 2.45) is 0 Å². The Hall–Kier alpha value is -3.59. The first-order valence-electron chi connectivity index (χ1n) is 11.9. The topological polar surface area (TPSA) is 70.4 Å². The van der Waals surface area contributed by atoms with Gasteiger partial charge in [-0.15, -0.1) is 11.3 Å². The molecule has 5 aromatic rings. The second-order valence-corrected chi connectivity index (χ2v) is 11.2. The van der Waals surface area contributed by atoms with Crippen LogP contribution in [0.25, 0.3) is 27.0 Å². The lowest BCUT2D eigenvalue weighted by Crippen LogP contribution is -2.22. The average molecular weight is 561 g/mol. The number of hydrogen-bond donors (Lipinski definition) is 0. The summed E-state index contributed by atoms with van der Waals surface area (Å²) >= 11 is 8.82. The van der Waals surface area contributed by atoms with Crippen molar-refractivity contribution in [3.05, 3.63) is 98.6 Å². The van der Waals surface area contributed by atoms with Crippen LogP contribution in [-0.4, -0.2) is 34.3 Å². The van der Waals surface area contributed by atoms with E-state index in [0.717, 1.165) is 16.0 Å². The summed E-state index contributed by atoms with van der Waals surface area (Å²) in [6, 6.07) is 22.0. The Morgan fingerprint density at radius 1 is 1.03 bits per heavy atom. The average Bonchev–Trinajstić information content (AvgIpc) is 3.28. The van der Waals surface area contributed by atoms with Gasteiger partial charge in [-0.2, -0.15) is 0 Å². The molecule has 3 heterocycles. The van der Waals surface area contributed by atoms with Gasteiger partial charge >= 0.3 is 0 Å². The maximum atomic E-state index is 14.1. The summed E-state index contributed by atoms with van der Waals surface area (Å²) in [7, 11) is 0. The third-order valence-electron chi connectivity index (χ3n) is 6.21. The summed E-state index contributed by atoms with van der Waals surface area (Å²) in [6.07, 6.45) is 0. The van der Waals surface area contributed by atoms with Gasteiger partial charge in [-0.25, -0.2) is 4.98 Å². The number of rotatable bonds is 6. The first-order chi connectivity index (χ1) is 18.5. The number of halogens is 1. The van der Waals surface area contributed by atoms with E-state index in [-0.39, 0.29) is 17.1 Å². The van der Waals surface area contributed by atoms with E-state index in [1.54, 1.807) is 22.8 Å². The number of ether oxygens (including phenoxy) is 2. The smallest absolute Gasteiger partial charge is 0.268 e. The number of nitrogens with zero attached hydrogens (tertiary/aromatic N) is 2. The molecule has 38 heavy (non-hydrogen) atoms. The first-order valence-corrected chi connectivity index (χ1v) is 14.1. The van der Waals surface area contributed by atoms with Gasteiger partial charge in [0, 0.05) is 21.0 Å². The molecule has 3 aromatic carbocycles. The molecule has 2 aromatic heterocycles. The van der Waals surface area contributed by atoms with Crippen molar-refractivity contribution in [1.29, 1.82) is 0 Å². The summed E-state index contributed by atoms with van der Waals surface area (Å²) < 4.78 is 12.8. The maximum Gasteiger partial charge on any atom is 0.268 e. The lowest BCUT2D eigenvalue weighted by Gasteiger charge is -2.18. The molecule has 1 aliphatic heterocycles. The minimum absolute atomic E-state index is 0.0925. The standard InChI is InChI=1S/C29H21ClN2O4S2/c1-17-25(18-7-10-20(30)11-8-18)26-27(38-17)31-29(32(28(26)34)21-5-3-2-4-6-21)37-16-22(33)19-9-12-23-24(15-19)36-14-13-35-23/h2-12,15H,13-14,16H2,1H3. The molecule has 0 fully saturated rings. The molecule has 0 unspecified atom stereocenters. The van der Waals surface area contributed by atoms with Gasteiger partial charge in [0.2, 0.25) is 0 Å². The van der Waals surface area contributed by atoms with Crippen LogP contribution in [0.15, 0.2) is 82.7 Å². The molecule has 0 N–H and O–H groups in total. The van der Waals surface area contributed by atoms with Crippen LogP contribution in [0.2, 0.25) is 5.02 Å². The second kappa shape index (κ2) is 10.3. The number of Topliss-reactive ketones (excluding diaryl/α,β-unsaturated/α-hetero) is 1. The van der Waals surface area contributed by atoms with Crippen molar-refractivity contribution in [2.75, 3.05) is 19.0 Å². The van der Waals surface area contributed by atoms with Gasteiger partial charge in [-0.3, -0.25) is 14.2 Å². The predicted octanol–water partition coefficient (Wildman–Crippen LogP) is 6.82. The zero-order valence-electron chi connectivity index (χ0n) is 20.3. The Morgan fingerprint density at radius 2 is 1.76 bits per heavy atom. The molecular weight excluding hydrogens is 540 g/mol. The largest absolute Gasteiger partial charge is 0.486 e. The van der Waals surface area contributed by atoms with Gasteiger partial charge in [-0.05, 0) is 55.0 Å². The van der Waals surface area contributed by atoms with Gasteiger partial charge < -0.3 is 9.47 Å². The van der Waals surface area contributed by atoms with Crippen LogP contribution in [0, 0.1) is 6.92 Å². The highest BCUT2D eigenvalue weighted by Gasteiger charge is 2.22. The minimum atomic E-state index is -0.176. The fourth-order valence-electron chi connectivity index (χ4n) is 4.44. The van der Waals surface area contributed by atoms with Gasteiger partial charge in [0.25, 0.3) is 5.56 Å². The maximum absolute atomic E-state index is 14.1. The van der Waals surface area contributed by atoms with Crippen molar-refractivity contribution in [1.82, 2.24) is 9.55 Å². The third-order valence-corrected chi connectivity index (χ3v) is 8.40. The van der Waals surface area contributed by atoms with E-state index in [4.69, 9.17) is 26.1 Å². The van der Waals surface area contributed by atoms with Crippen LogP contribution in [-0.2, 0) is 0 Å². The zero-order chi connectivity index (χ0) is 26.2. The Morgan fingerprint density at radius 3 is 2.53 bits per heavy atom. The van der Waals surface area contributed by atoms with Crippen LogP contribution in [0.4, 0.5) is 0 Å². The van der Waals surface area contributed by atoms with Crippen LogP contribution in [0.3, 0.4) is 0 Å². The minimum Gasteiger partial charge on any atom is -0.486 e. The molecule has 0 bridgehead atoms. The molecule has 190 valence electrons. The van der Waals surface area contributed by atoms with Crippen LogP contribution >= 0.6 is 34.7 Å². The van der Waals surface area contributed by atoms with E-state index in [1.807, 2.05) is 61.5 Å². The molecule has 9 heteroatoms. The normalized spacial score (nSPS) is 12.6. The van der Waals surface area contributed by atoms with Crippen molar-refractivity contribution in [2.45, 2.75) is 12.1 Å². The Balaban J connectivity index is 1.42. The van der Waals surface area contributed by atoms with Crippen molar-refractivity contribution in [3.63, 3.8) is 0 Å². The van der Waals surface area contributed by atoms with E-state index >= 15 is 0 Å². The van der Waals surface area contributed by atoms with E-state index in [1.165, 1.54) is 23.1 Å². The number of thiophene rings is 1. The summed E-state index contributed by atoms with van der Waals surface area (Å²) in [5.74, 6) is 1.22. The molecule has 0 amide bonds. The second-order valence-electron chi connectivity index (χ2n) is 8.66. The van der Waals surface area contributed by atoms with Crippen molar-refractivity contribution in [3.8, 4) is 28.3 Å². The number of aromatic nitrogens is 2. The third kappa shape index (κ3) is 4.60. The molecule has 0 saturated carbocycles. The van der Waals surface area contributed by atoms with E-state index in [9.17, 15) is 9.59 Å². The number of carbonyl (C=O) groups excluding carboxylic acids is 1. The summed E-state index contributed by atoms with van der Waals surface area (Å²) in [5, 5.41) is 1.65. The monoisotopic (exact) mass is 560 g/mol. The van der Waals surface area contributed by atoms with Crippen molar-refractivity contribution < 1.29 is 14.3 Å². The number of hydrogen-bond acceptors (Lipinski definition) is 7. The molecule has 0 spiro atoms. The number of fused-ring (bicyclic) bond motifs is 2. The number of thioether (sulfide) groups is 1. The van der Waals surface area contributed by atoms with Gasteiger partial charge in [0.15, 0.2) is 22.4 Å². The quantitative estimate of drug-likeness (QED) is 0.129. The van der Waals surface area contributed by atoms with E-state index in [0.29, 0.717) is 56.4 Å². The highest BCUT2D eigenvalue weighted by molar-refractivity contribution is 7.99. The number of carbonyl (C=O) groups is 1. The Kier molecular flexibility index (Phi) is 6.69. The molecule has 6 rings (SSSR count). The molecule has 0 radical (unpaired) electrons. The Bertz CT molecular complexity index is 1730. The van der Waals surface area contributed by atoms with E-state index < -0.39 is 0 Å². The number of para-hydroxylation sites is 1. The number of ketones is 1. The summed E-state index contributed by atoms with van der Waals surface area (Å²) in [4.78, 5) is 33.7. The highest BCUT2D eigenvalue weighted by atomic mass is 35.5. The molecule has 0 atom stereocenters. The fourth-order valence-corrected chi connectivity index (χ4v) is 6.56. The molecular formula is C29H21ClN2O4S2. The van der Waals surface area contributed by atoms with Crippen LogP contribution in [0.5, 0.6) is 11.5 Å². The number of benzene rings is 3. The van der Waals surface area contributed by atoms with Gasteiger partial charge in [-0.1, -0.05) is 53.7 Å². The van der Waals surface area contributed by atoms with Gasteiger partial charge in [0.1, 0.15) is 18.0 Å². The van der Waals surface area contributed by atoms with Crippen LogP contribution < -0.4 is 15.0 Å². The molecule has 0 saturated heterocycles. The Labute approximate surface area is 231 Å². The summed E-state index contributed by atoms with van der Waals surface area (Å²) in [6.45, 7) is 2.93. The zero-order valence-corrected chi connectivity index (χ0v) is 22.7. The highest BCUT2D eigenvalue weighted by Crippen LogP contribution is 2.38. The fraction of sp³-hybridized carbons (Fsp3) is 0.138.